The summed E-state index contributed by atoms with van der Waals surface area (Å²) in [5.41, 5.74) is 1.21. The number of para-hydroxylation sites is 1. The Balaban J connectivity index is 1.66. The summed E-state index contributed by atoms with van der Waals surface area (Å²) in [5.74, 6) is 0.247. The van der Waals surface area contributed by atoms with Gasteiger partial charge in [0.05, 0.1) is 5.69 Å². The van der Waals surface area contributed by atoms with Gasteiger partial charge >= 0.3 is 6.09 Å². The zero-order valence-corrected chi connectivity index (χ0v) is 15.0. The number of piperidine rings is 1. The molecule has 2 heterocycles. The molecular formula is C19H25N3O3. The fourth-order valence-electron chi connectivity index (χ4n) is 3.09. The van der Waals surface area contributed by atoms with Gasteiger partial charge in [-0.05, 0) is 45.7 Å². The Morgan fingerprint density at radius 1 is 1.16 bits per heavy atom. The second-order valence-electron chi connectivity index (χ2n) is 7.46. The summed E-state index contributed by atoms with van der Waals surface area (Å²) >= 11 is 0. The summed E-state index contributed by atoms with van der Waals surface area (Å²) in [5, 5.41) is 3.22. The zero-order chi connectivity index (χ0) is 18.0. The largest absolute Gasteiger partial charge is 0.444 e. The van der Waals surface area contributed by atoms with Crippen molar-refractivity contribution in [1.29, 1.82) is 0 Å². The summed E-state index contributed by atoms with van der Waals surface area (Å²) in [4.78, 5) is 26.1. The first-order valence-corrected chi connectivity index (χ1v) is 8.69. The highest BCUT2D eigenvalue weighted by atomic mass is 16.6. The van der Waals surface area contributed by atoms with Crippen LogP contribution < -0.4 is 5.56 Å². The molecule has 1 saturated heterocycles. The Hall–Kier alpha value is -2.50. The third-order valence-corrected chi connectivity index (χ3v) is 4.34. The minimum atomic E-state index is -0.480. The standard InChI is InChI=1S/C19H25N3O3/c1-19(2,3)25-18(24)21-11-9-14(10-12-21)16-13-17(23)22(20-16)15-7-5-4-6-8-15/h4-8,13-14,20H,9-12H2,1-3H3. The van der Waals surface area contributed by atoms with Gasteiger partial charge in [-0.15, -0.1) is 0 Å². The number of rotatable bonds is 2. The minimum absolute atomic E-state index is 0.0595. The third kappa shape index (κ3) is 4.13. The monoisotopic (exact) mass is 343 g/mol. The van der Waals surface area contributed by atoms with Gasteiger partial charge in [-0.2, -0.15) is 0 Å². The molecule has 0 aliphatic carbocycles. The van der Waals surface area contributed by atoms with Crippen LogP contribution in [0.5, 0.6) is 0 Å². The Labute approximate surface area is 147 Å². The topological polar surface area (TPSA) is 67.3 Å². The van der Waals surface area contributed by atoms with E-state index < -0.39 is 5.60 Å². The van der Waals surface area contributed by atoms with Gasteiger partial charge in [0.1, 0.15) is 5.60 Å². The highest BCUT2D eigenvalue weighted by molar-refractivity contribution is 5.68. The number of likely N-dealkylation sites (tertiary alicyclic amines) is 1. The highest BCUT2D eigenvalue weighted by Gasteiger charge is 2.28. The second-order valence-corrected chi connectivity index (χ2v) is 7.46. The Bertz CT molecular complexity index is 778. The van der Waals surface area contributed by atoms with Crippen LogP contribution in [0.3, 0.4) is 0 Å². The van der Waals surface area contributed by atoms with Gasteiger partial charge in [0, 0.05) is 30.8 Å². The molecule has 134 valence electrons. The molecule has 1 fully saturated rings. The van der Waals surface area contributed by atoms with Crippen LogP contribution >= 0.6 is 0 Å². The van der Waals surface area contributed by atoms with Crippen LogP contribution in [-0.2, 0) is 4.74 Å². The molecule has 0 bridgehead atoms. The van der Waals surface area contributed by atoms with E-state index in [1.165, 1.54) is 0 Å². The molecule has 25 heavy (non-hydrogen) atoms. The van der Waals surface area contributed by atoms with Crippen molar-refractivity contribution in [1.82, 2.24) is 14.7 Å². The molecule has 6 heteroatoms. The average Bonchev–Trinajstić information content (AvgIpc) is 2.96. The summed E-state index contributed by atoms with van der Waals surface area (Å²) < 4.78 is 6.99. The van der Waals surface area contributed by atoms with Crippen molar-refractivity contribution in [2.24, 2.45) is 0 Å². The van der Waals surface area contributed by atoms with Crippen molar-refractivity contribution in [2.75, 3.05) is 13.1 Å². The lowest BCUT2D eigenvalue weighted by molar-refractivity contribution is 0.0204. The van der Waals surface area contributed by atoms with E-state index in [2.05, 4.69) is 5.10 Å². The number of carbonyl (C=O) groups excluding carboxylic acids is 1. The average molecular weight is 343 g/mol. The number of nitrogens with one attached hydrogen (secondary N) is 1. The van der Waals surface area contributed by atoms with E-state index in [9.17, 15) is 9.59 Å². The van der Waals surface area contributed by atoms with E-state index in [1.54, 1.807) is 15.6 Å². The van der Waals surface area contributed by atoms with E-state index in [1.807, 2.05) is 51.1 Å². The normalized spacial score (nSPS) is 16.0. The maximum Gasteiger partial charge on any atom is 0.410 e. The molecule has 6 nitrogen and oxygen atoms in total. The quantitative estimate of drug-likeness (QED) is 0.910. The Morgan fingerprint density at radius 3 is 2.40 bits per heavy atom. The number of ether oxygens (including phenoxy) is 1. The van der Waals surface area contributed by atoms with Gasteiger partial charge in [-0.25, -0.2) is 9.48 Å². The van der Waals surface area contributed by atoms with E-state index in [0.717, 1.165) is 24.2 Å². The van der Waals surface area contributed by atoms with Crippen molar-refractivity contribution in [3.05, 3.63) is 52.4 Å². The molecule has 0 atom stereocenters. The molecule has 3 rings (SSSR count). The minimum Gasteiger partial charge on any atom is -0.444 e. The van der Waals surface area contributed by atoms with Gasteiger partial charge in [-0.3, -0.25) is 9.89 Å². The molecule has 1 aliphatic heterocycles. The fraction of sp³-hybridized carbons (Fsp3) is 0.474. The van der Waals surface area contributed by atoms with Crippen LogP contribution in [0.2, 0.25) is 0 Å². The van der Waals surface area contributed by atoms with Crippen LogP contribution in [0.15, 0.2) is 41.2 Å². The number of nitrogens with zero attached hydrogens (tertiary/aromatic N) is 2. The van der Waals surface area contributed by atoms with Crippen molar-refractivity contribution in [2.45, 2.75) is 45.1 Å². The molecule has 0 spiro atoms. The SMILES string of the molecule is CC(C)(C)OC(=O)N1CCC(c2cc(=O)n(-c3ccccc3)[nH]2)CC1. The maximum atomic E-state index is 12.3. The van der Waals surface area contributed by atoms with Crippen molar-refractivity contribution in [3.63, 3.8) is 0 Å². The number of amides is 1. The van der Waals surface area contributed by atoms with Crippen LogP contribution in [0.4, 0.5) is 4.79 Å². The first-order valence-electron chi connectivity index (χ1n) is 8.69. The number of aromatic amines is 1. The number of H-pyrrole nitrogens is 1. The van der Waals surface area contributed by atoms with E-state index in [0.29, 0.717) is 13.1 Å². The zero-order valence-electron chi connectivity index (χ0n) is 15.0. The van der Waals surface area contributed by atoms with Crippen LogP contribution in [0, 0.1) is 0 Å². The molecule has 0 saturated carbocycles. The number of hydrogen-bond acceptors (Lipinski definition) is 3. The summed E-state index contributed by atoms with van der Waals surface area (Å²) in [7, 11) is 0. The van der Waals surface area contributed by atoms with Crippen LogP contribution in [-0.4, -0.2) is 39.5 Å². The summed E-state index contributed by atoms with van der Waals surface area (Å²) in [6.45, 7) is 6.88. The molecule has 1 aromatic heterocycles. The van der Waals surface area contributed by atoms with Gasteiger partial charge in [0.2, 0.25) is 0 Å². The molecule has 0 unspecified atom stereocenters. The lowest BCUT2D eigenvalue weighted by Gasteiger charge is -2.33. The van der Waals surface area contributed by atoms with E-state index in [4.69, 9.17) is 4.74 Å². The molecule has 1 aromatic carbocycles. The second kappa shape index (κ2) is 6.78. The lowest BCUT2D eigenvalue weighted by Crippen LogP contribution is -2.41. The predicted octanol–water partition coefficient (Wildman–Crippen LogP) is 3.28. The highest BCUT2D eigenvalue weighted by Crippen LogP contribution is 2.27. The molecule has 2 aromatic rings. The first-order chi connectivity index (χ1) is 11.8. The van der Waals surface area contributed by atoms with Crippen molar-refractivity contribution >= 4 is 6.09 Å². The number of hydrogen-bond donors (Lipinski definition) is 1. The molecule has 1 N–H and O–H groups in total. The van der Waals surface area contributed by atoms with E-state index in [-0.39, 0.29) is 17.6 Å². The first kappa shape index (κ1) is 17.3. The number of benzene rings is 1. The third-order valence-electron chi connectivity index (χ3n) is 4.34. The Kier molecular flexibility index (Phi) is 4.70. The summed E-state index contributed by atoms with van der Waals surface area (Å²) in [6.07, 6.45) is 1.36. The maximum absolute atomic E-state index is 12.3. The van der Waals surface area contributed by atoms with Crippen LogP contribution in [0.1, 0.15) is 45.2 Å². The van der Waals surface area contributed by atoms with Crippen LogP contribution in [0.25, 0.3) is 5.69 Å². The predicted molar refractivity (Wildman–Crippen MR) is 96.2 cm³/mol. The molecule has 1 aliphatic rings. The lowest BCUT2D eigenvalue weighted by atomic mass is 9.94. The van der Waals surface area contributed by atoms with Gasteiger partial charge < -0.3 is 9.64 Å². The Morgan fingerprint density at radius 2 is 1.80 bits per heavy atom. The fourth-order valence-corrected chi connectivity index (χ4v) is 3.09. The van der Waals surface area contributed by atoms with Gasteiger partial charge in [0.25, 0.3) is 5.56 Å². The van der Waals surface area contributed by atoms with Gasteiger partial charge in [-0.1, -0.05) is 18.2 Å². The van der Waals surface area contributed by atoms with E-state index >= 15 is 0 Å². The smallest absolute Gasteiger partial charge is 0.410 e. The number of carbonyl (C=O) groups is 1. The van der Waals surface area contributed by atoms with Gasteiger partial charge in [0.15, 0.2) is 0 Å². The molecular weight excluding hydrogens is 318 g/mol. The summed E-state index contributed by atoms with van der Waals surface area (Å²) in [6, 6.07) is 11.2. The van der Waals surface area contributed by atoms with Crippen molar-refractivity contribution in [3.8, 4) is 5.69 Å². The van der Waals surface area contributed by atoms with Crippen molar-refractivity contribution < 1.29 is 9.53 Å². The molecule has 1 amide bonds. The number of aromatic nitrogens is 2. The molecule has 0 radical (unpaired) electrons.